The summed E-state index contributed by atoms with van der Waals surface area (Å²) in [4.78, 5) is 0. The van der Waals surface area contributed by atoms with Gasteiger partial charge in [0.15, 0.2) is 0 Å². The Bertz CT molecular complexity index is 445. The number of aliphatic hydroxyl groups is 1. The van der Waals surface area contributed by atoms with Crippen LogP contribution in [0.5, 0.6) is 0 Å². The van der Waals surface area contributed by atoms with E-state index in [9.17, 15) is 18.3 Å². The summed E-state index contributed by atoms with van der Waals surface area (Å²) in [6, 6.07) is 7.60. The molecule has 1 aromatic rings. The molecule has 3 unspecified atom stereocenters. The zero-order valence-corrected chi connectivity index (χ0v) is 11.4. The van der Waals surface area contributed by atoms with Crippen molar-refractivity contribution in [3.63, 3.8) is 0 Å². The summed E-state index contributed by atoms with van der Waals surface area (Å²) in [7, 11) is 0. The number of hydrogen-bond donors (Lipinski definition) is 1. The molecule has 3 atom stereocenters. The first-order chi connectivity index (χ1) is 9.38. The van der Waals surface area contributed by atoms with Gasteiger partial charge in [-0.2, -0.15) is 13.2 Å². The molecule has 1 aliphatic carbocycles. The monoisotopic (exact) mass is 288 g/mol. The predicted molar refractivity (Wildman–Crippen MR) is 69.5 cm³/mol. The van der Waals surface area contributed by atoms with E-state index >= 15 is 0 Å². The minimum Gasteiger partial charge on any atom is -0.386 e. The Morgan fingerprint density at radius 2 is 1.90 bits per heavy atom. The Kier molecular flexibility index (Phi) is 4.70. The molecule has 5 heteroatoms. The van der Waals surface area contributed by atoms with Crippen molar-refractivity contribution in [1.29, 1.82) is 0 Å². The first-order valence-corrected chi connectivity index (χ1v) is 6.83. The molecule has 0 saturated carbocycles. The zero-order valence-electron chi connectivity index (χ0n) is 11.4. The molecule has 0 heterocycles. The molecule has 0 amide bonds. The maximum Gasteiger partial charge on any atom is 0.389 e. The van der Waals surface area contributed by atoms with Crippen LogP contribution in [0.15, 0.2) is 24.3 Å². The Hall–Kier alpha value is -1.07. The smallest absolute Gasteiger partial charge is 0.386 e. The Labute approximate surface area is 116 Å². The lowest BCUT2D eigenvalue weighted by Gasteiger charge is -2.34. The molecular weight excluding hydrogens is 269 g/mol. The third kappa shape index (κ3) is 3.73. The van der Waals surface area contributed by atoms with Crippen LogP contribution in [0.3, 0.4) is 0 Å². The first-order valence-electron chi connectivity index (χ1n) is 6.83. The quantitative estimate of drug-likeness (QED) is 0.850. The molecule has 0 aliphatic heterocycles. The maximum absolute atomic E-state index is 12.1. The van der Waals surface area contributed by atoms with Crippen LogP contribution in [0, 0.1) is 0 Å². The van der Waals surface area contributed by atoms with Gasteiger partial charge in [-0.05, 0) is 29.9 Å². The average Bonchev–Trinajstić information content (AvgIpc) is 2.39. The van der Waals surface area contributed by atoms with E-state index in [1.54, 1.807) is 0 Å². The fourth-order valence-electron chi connectivity index (χ4n) is 2.70. The standard InChI is InChI=1S/C15H19F3O2/c1-10-9-13(20-8-4-7-15(16,17)18)14(19)12-6-3-2-5-11(10)12/h2-3,5-6,10,13-14,19H,4,7-9H2,1H3. The molecule has 112 valence electrons. The molecular formula is C15H19F3O2. The van der Waals surface area contributed by atoms with Crippen molar-refractivity contribution in [3.8, 4) is 0 Å². The van der Waals surface area contributed by atoms with Gasteiger partial charge in [0, 0.05) is 13.0 Å². The van der Waals surface area contributed by atoms with Crippen LogP contribution in [0.2, 0.25) is 0 Å². The van der Waals surface area contributed by atoms with Gasteiger partial charge in [0.2, 0.25) is 0 Å². The van der Waals surface area contributed by atoms with E-state index in [1.165, 1.54) is 0 Å². The number of hydrogen-bond acceptors (Lipinski definition) is 2. The van der Waals surface area contributed by atoms with Crippen LogP contribution in [-0.4, -0.2) is 24.0 Å². The van der Waals surface area contributed by atoms with Crippen molar-refractivity contribution in [1.82, 2.24) is 0 Å². The van der Waals surface area contributed by atoms with Crippen LogP contribution in [0.25, 0.3) is 0 Å². The number of rotatable bonds is 4. The van der Waals surface area contributed by atoms with Crippen LogP contribution < -0.4 is 0 Å². The van der Waals surface area contributed by atoms with E-state index in [1.807, 2.05) is 31.2 Å². The lowest BCUT2D eigenvalue weighted by atomic mass is 9.80. The molecule has 0 aromatic heterocycles. The topological polar surface area (TPSA) is 29.5 Å². The van der Waals surface area contributed by atoms with Gasteiger partial charge in [-0.1, -0.05) is 31.2 Å². The molecule has 20 heavy (non-hydrogen) atoms. The van der Waals surface area contributed by atoms with Gasteiger partial charge in [0.25, 0.3) is 0 Å². The third-order valence-electron chi connectivity index (χ3n) is 3.72. The molecule has 1 N–H and O–H groups in total. The Balaban J connectivity index is 1.92. The van der Waals surface area contributed by atoms with Crippen molar-refractivity contribution >= 4 is 0 Å². The second kappa shape index (κ2) is 6.14. The third-order valence-corrected chi connectivity index (χ3v) is 3.72. The second-order valence-corrected chi connectivity index (χ2v) is 5.34. The summed E-state index contributed by atoms with van der Waals surface area (Å²) >= 11 is 0. The Morgan fingerprint density at radius 3 is 2.55 bits per heavy atom. The normalized spacial score (nSPS) is 26.4. The molecule has 1 aliphatic rings. The van der Waals surface area contributed by atoms with Crippen LogP contribution in [-0.2, 0) is 4.74 Å². The summed E-state index contributed by atoms with van der Waals surface area (Å²) in [5.74, 6) is 0.238. The van der Waals surface area contributed by atoms with Gasteiger partial charge in [0.1, 0.15) is 6.10 Å². The molecule has 0 spiro atoms. The molecule has 2 nitrogen and oxygen atoms in total. The van der Waals surface area contributed by atoms with E-state index in [-0.39, 0.29) is 18.9 Å². The summed E-state index contributed by atoms with van der Waals surface area (Å²) in [6.07, 6.45) is -5.61. The minimum absolute atomic E-state index is 0.0239. The fraction of sp³-hybridized carbons (Fsp3) is 0.600. The van der Waals surface area contributed by atoms with Gasteiger partial charge in [-0.25, -0.2) is 0 Å². The largest absolute Gasteiger partial charge is 0.389 e. The Morgan fingerprint density at radius 1 is 1.25 bits per heavy atom. The summed E-state index contributed by atoms with van der Waals surface area (Å²) in [5, 5.41) is 10.3. The highest BCUT2D eigenvalue weighted by molar-refractivity contribution is 5.35. The number of halogens is 3. The van der Waals surface area contributed by atoms with E-state index < -0.39 is 24.8 Å². The average molecular weight is 288 g/mol. The van der Waals surface area contributed by atoms with Crippen molar-refractivity contribution in [2.75, 3.05) is 6.61 Å². The van der Waals surface area contributed by atoms with Crippen molar-refractivity contribution in [2.45, 2.75) is 50.5 Å². The maximum atomic E-state index is 12.1. The lowest BCUT2D eigenvalue weighted by Crippen LogP contribution is -2.30. The highest BCUT2D eigenvalue weighted by Gasteiger charge is 2.32. The fourth-order valence-corrected chi connectivity index (χ4v) is 2.70. The summed E-state index contributed by atoms with van der Waals surface area (Å²) < 4.78 is 41.6. The number of aliphatic hydroxyl groups excluding tert-OH is 1. The number of benzene rings is 1. The van der Waals surface area contributed by atoms with E-state index in [2.05, 4.69) is 0 Å². The zero-order chi connectivity index (χ0) is 14.8. The van der Waals surface area contributed by atoms with Gasteiger partial charge in [0.05, 0.1) is 6.10 Å². The summed E-state index contributed by atoms with van der Waals surface area (Å²) in [6.45, 7) is 2.06. The van der Waals surface area contributed by atoms with Crippen LogP contribution in [0.4, 0.5) is 13.2 Å². The van der Waals surface area contributed by atoms with Gasteiger partial charge >= 0.3 is 6.18 Å². The van der Waals surface area contributed by atoms with Gasteiger partial charge in [-0.15, -0.1) is 0 Å². The highest BCUT2D eigenvalue weighted by atomic mass is 19.4. The first kappa shape index (κ1) is 15.3. The van der Waals surface area contributed by atoms with E-state index in [0.29, 0.717) is 6.42 Å². The number of alkyl halides is 3. The lowest BCUT2D eigenvalue weighted by molar-refractivity contribution is -0.141. The van der Waals surface area contributed by atoms with E-state index in [4.69, 9.17) is 4.74 Å². The molecule has 0 radical (unpaired) electrons. The molecule has 0 bridgehead atoms. The van der Waals surface area contributed by atoms with E-state index in [0.717, 1.165) is 11.1 Å². The molecule has 0 saturated heterocycles. The minimum atomic E-state index is -4.14. The highest BCUT2D eigenvalue weighted by Crippen LogP contribution is 2.38. The molecule has 1 aromatic carbocycles. The van der Waals surface area contributed by atoms with Gasteiger partial charge in [-0.3, -0.25) is 0 Å². The predicted octanol–water partition coefficient (Wildman–Crippen LogP) is 3.95. The second-order valence-electron chi connectivity index (χ2n) is 5.34. The van der Waals surface area contributed by atoms with Crippen molar-refractivity contribution in [2.24, 2.45) is 0 Å². The summed E-state index contributed by atoms with van der Waals surface area (Å²) in [5.41, 5.74) is 1.92. The van der Waals surface area contributed by atoms with Gasteiger partial charge < -0.3 is 9.84 Å². The van der Waals surface area contributed by atoms with Crippen LogP contribution >= 0.6 is 0 Å². The number of fused-ring (bicyclic) bond motifs is 1. The van der Waals surface area contributed by atoms with Crippen LogP contribution in [0.1, 0.15) is 49.3 Å². The van der Waals surface area contributed by atoms with Crippen molar-refractivity contribution in [3.05, 3.63) is 35.4 Å². The molecule has 0 fully saturated rings. The molecule has 2 rings (SSSR count). The number of ether oxygens (including phenoxy) is 1. The van der Waals surface area contributed by atoms with Crippen molar-refractivity contribution < 1.29 is 23.0 Å². The SMILES string of the molecule is CC1CC(OCCCC(F)(F)F)C(O)c2ccccc21.